The largest absolute Gasteiger partial charge is 0.462 e. The topological polar surface area (TPSA) is 49.8 Å². The summed E-state index contributed by atoms with van der Waals surface area (Å²) >= 11 is 0. The number of ether oxygens (including phenoxy) is 1. The molecule has 29 heavy (non-hydrogen) atoms. The SMILES string of the molecule is C=C1CCC[C@]2(C)C[C@H]3OC(=O)[C@H](CN(C)[C@@H](C)[C@@H](O)c4ccccc4)[C@H]3C[C@@H]12. The molecule has 1 aromatic carbocycles. The number of allylic oxidation sites excluding steroid dienone is 1. The minimum atomic E-state index is -0.581. The molecule has 0 bridgehead atoms. The van der Waals surface area contributed by atoms with Gasteiger partial charge in [0.25, 0.3) is 0 Å². The summed E-state index contributed by atoms with van der Waals surface area (Å²) < 4.78 is 5.90. The Morgan fingerprint density at radius 3 is 2.79 bits per heavy atom. The first kappa shape index (κ1) is 20.6. The lowest BCUT2D eigenvalue weighted by atomic mass is 9.55. The first-order valence-corrected chi connectivity index (χ1v) is 11.1. The average Bonchev–Trinajstić information content (AvgIpc) is 2.99. The highest BCUT2D eigenvalue weighted by Crippen LogP contribution is 2.57. The van der Waals surface area contributed by atoms with Gasteiger partial charge in [0.2, 0.25) is 0 Å². The van der Waals surface area contributed by atoms with Crippen molar-refractivity contribution in [2.45, 2.75) is 64.2 Å². The quantitative estimate of drug-likeness (QED) is 0.593. The molecular formula is C25H35NO3. The zero-order valence-corrected chi connectivity index (χ0v) is 18.0. The monoisotopic (exact) mass is 397 g/mol. The highest BCUT2D eigenvalue weighted by molar-refractivity contribution is 5.75. The normalized spacial score (nSPS) is 36.3. The molecule has 1 saturated heterocycles. The van der Waals surface area contributed by atoms with Gasteiger partial charge >= 0.3 is 5.97 Å². The van der Waals surface area contributed by atoms with Crippen molar-refractivity contribution < 1.29 is 14.6 Å². The number of likely N-dealkylation sites (N-methyl/N-ethyl adjacent to an activating group) is 1. The van der Waals surface area contributed by atoms with Gasteiger partial charge in [0.1, 0.15) is 6.10 Å². The van der Waals surface area contributed by atoms with Gasteiger partial charge < -0.3 is 9.84 Å². The number of fused-ring (bicyclic) bond motifs is 2. The molecule has 4 nitrogen and oxygen atoms in total. The lowest BCUT2D eigenvalue weighted by Gasteiger charge is -2.50. The van der Waals surface area contributed by atoms with Crippen LogP contribution in [0.2, 0.25) is 0 Å². The fourth-order valence-electron chi connectivity index (χ4n) is 6.11. The smallest absolute Gasteiger partial charge is 0.310 e. The molecular weight excluding hydrogens is 362 g/mol. The van der Waals surface area contributed by atoms with E-state index in [1.54, 1.807) is 0 Å². The Bertz CT molecular complexity index is 763. The van der Waals surface area contributed by atoms with E-state index in [-0.39, 0.29) is 35.4 Å². The van der Waals surface area contributed by atoms with Gasteiger partial charge in [-0.25, -0.2) is 0 Å². The van der Waals surface area contributed by atoms with Crippen molar-refractivity contribution in [3.8, 4) is 0 Å². The van der Waals surface area contributed by atoms with Crippen LogP contribution >= 0.6 is 0 Å². The van der Waals surface area contributed by atoms with Gasteiger partial charge in [-0.15, -0.1) is 0 Å². The standard InChI is InChI=1S/C25H35NO3/c1-16-9-8-12-25(3)14-22-19(13-21(16)25)20(24(28)29-22)15-26(4)17(2)23(27)18-10-6-5-7-11-18/h5-7,10-11,17,19-23,27H,1,8-9,12-15H2,2-4H3/t17-,19+,20+,21-,22+,23+,25+/m0/s1. The summed E-state index contributed by atoms with van der Waals surface area (Å²) in [5, 5.41) is 10.8. The van der Waals surface area contributed by atoms with E-state index in [2.05, 4.69) is 18.4 Å². The number of rotatable bonds is 5. The number of aliphatic hydroxyl groups is 1. The van der Waals surface area contributed by atoms with Crippen LogP contribution in [0.3, 0.4) is 0 Å². The van der Waals surface area contributed by atoms with Gasteiger partial charge in [-0.05, 0) is 63.0 Å². The van der Waals surface area contributed by atoms with Crippen LogP contribution in [0.4, 0.5) is 0 Å². The van der Waals surface area contributed by atoms with E-state index in [1.165, 1.54) is 18.4 Å². The van der Waals surface area contributed by atoms with Gasteiger partial charge in [-0.2, -0.15) is 0 Å². The Labute approximate surface area is 174 Å². The number of hydrogen-bond acceptors (Lipinski definition) is 4. The second kappa shape index (κ2) is 7.88. The number of nitrogens with zero attached hydrogens (tertiary/aromatic N) is 1. The highest BCUT2D eigenvalue weighted by Gasteiger charge is 2.55. The van der Waals surface area contributed by atoms with Gasteiger partial charge in [-0.3, -0.25) is 9.69 Å². The summed E-state index contributed by atoms with van der Waals surface area (Å²) in [5.41, 5.74) is 2.51. The molecule has 1 aliphatic heterocycles. The molecule has 0 radical (unpaired) electrons. The number of carbonyl (C=O) groups excluding carboxylic acids is 1. The molecule has 2 saturated carbocycles. The third kappa shape index (κ3) is 3.77. The molecule has 4 heteroatoms. The molecule has 1 N–H and O–H groups in total. The van der Waals surface area contributed by atoms with Crippen molar-refractivity contribution in [2.24, 2.45) is 23.2 Å². The van der Waals surface area contributed by atoms with E-state index in [0.717, 1.165) is 24.8 Å². The molecule has 4 rings (SSSR count). The van der Waals surface area contributed by atoms with Crippen LogP contribution < -0.4 is 0 Å². The average molecular weight is 398 g/mol. The maximum atomic E-state index is 12.8. The van der Waals surface area contributed by atoms with Gasteiger partial charge in [0.15, 0.2) is 0 Å². The molecule has 3 aliphatic rings. The van der Waals surface area contributed by atoms with Crippen LogP contribution in [0, 0.1) is 23.2 Å². The van der Waals surface area contributed by atoms with Crippen molar-refractivity contribution >= 4 is 5.97 Å². The first-order chi connectivity index (χ1) is 13.8. The minimum Gasteiger partial charge on any atom is -0.462 e. The van der Waals surface area contributed by atoms with Crippen molar-refractivity contribution in [1.82, 2.24) is 4.90 Å². The molecule has 0 aromatic heterocycles. The maximum absolute atomic E-state index is 12.8. The predicted octanol–water partition coefficient (Wildman–Crippen LogP) is 4.35. The molecule has 1 aromatic rings. The molecule has 2 aliphatic carbocycles. The number of esters is 1. The van der Waals surface area contributed by atoms with Gasteiger partial charge in [0.05, 0.1) is 12.0 Å². The fourth-order valence-corrected chi connectivity index (χ4v) is 6.11. The zero-order valence-electron chi connectivity index (χ0n) is 18.0. The van der Waals surface area contributed by atoms with Crippen LogP contribution in [0.15, 0.2) is 42.5 Å². The van der Waals surface area contributed by atoms with E-state index >= 15 is 0 Å². The van der Waals surface area contributed by atoms with E-state index in [9.17, 15) is 9.90 Å². The number of hydrogen-bond donors (Lipinski definition) is 1. The second-order valence-electron chi connectivity index (χ2n) is 9.94. The lowest BCUT2D eigenvalue weighted by molar-refractivity contribution is -0.146. The van der Waals surface area contributed by atoms with Crippen LogP contribution in [0.5, 0.6) is 0 Å². The minimum absolute atomic E-state index is 0.0439. The number of aliphatic hydroxyl groups excluding tert-OH is 1. The summed E-state index contributed by atoms with van der Waals surface area (Å²) in [6, 6.07) is 9.66. The maximum Gasteiger partial charge on any atom is 0.310 e. The number of benzene rings is 1. The van der Waals surface area contributed by atoms with Crippen molar-refractivity contribution in [1.29, 1.82) is 0 Å². The van der Waals surface area contributed by atoms with Crippen molar-refractivity contribution in [3.05, 3.63) is 48.0 Å². The van der Waals surface area contributed by atoms with Crippen LogP contribution in [-0.4, -0.2) is 41.7 Å². The summed E-state index contributed by atoms with van der Waals surface area (Å²) in [7, 11) is 2.00. The van der Waals surface area contributed by atoms with Crippen LogP contribution in [0.1, 0.15) is 57.6 Å². The molecule has 158 valence electrons. The van der Waals surface area contributed by atoms with Crippen molar-refractivity contribution in [3.63, 3.8) is 0 Å². The first-order valence-electron chi connectivity index (χ1n) is 11.1. The molecule has 0 unspecified atom stereocenters. The number of carbonyl (C=O) groups is 1. The van der Waals surface area contributed by atoms with Gasteiger partial charge in [0, 0.05) is 18.5 Å². The Morgan fingerprint density at radius 2 is 2.07 bits per heavy atom. The Balaban J connectivity index is 1.46. The van der Waals surface area contributed by atoms with E-state index in [1.807, 2.05) is 44.3 Å². The van der Waals surface area contributed by atoms with E-state index < -0.39 is 6.10 Å². The summed E-state index contributed by atoms with van der Waals surface area (Å²) in [4.78, 5) is 14.9. The molecule has 1 heterocycles. The van der Waals surface area contributed by atoms with Gasteiger partial charge in [-0.1, -0.05) is 49.4 Å². The lowest BCUT2D eigenvalue weighted by Crippen LogP contribution is -2.46. The summed E-state index contributed by atoms with van der Waals surface area (Å²) in [6.07, 6.45) is 4.98. The predicted molar refractivity (Wildman–Crippen MR) is 114 cm³/mol. The Kier molecular flexibility index (Phi) is 5.60. The van der Waals surface area contributed by atoms with E-state index in [4.69, 9.17) is 4.74 Å². The van der Waals surface area contributed by atoms with Crippen LogP contribution in [0.25, 0.3) is 0 Å². The molecule has 3 fully saturated rings. The summed E-state index contributed by atoms with van der Waals surface area (Å²) in [6.45, 7) is 9.39. The van der Waals surface area contributed by atoms with E-state index in [0.29, 0.717) is 12.5 Å². The third-order valence-corrected chi connectivity index (χ3v) is 8.10. The Hall–Kier alpha value is -1.65. The Morgan fingerprint density at radius 1 is 1.34 bits per heavy atom. The van der Waals surface area contributed by atoms with Crippen molar-refractivity contribution in [2.75, 3.05) is 13.6 Å². The second-order valence-corrected chi connectivity index (χ2v) is 9.94. The fraction of sp³-hybridized carbons (Fsp3) is 0.640. The zero-order chi connectivity index (χ0) is 20.8. The molecule has 0 spiro atoms. The third-order valence-electron chi connectivity index (χ3n) is 8.10. The van der Waals surface area contributed by atoms with Crippen LogP contribution in [-0.2, 0) is 9.53 Å². The molecule has 0 amide bonds. The summed E-state index contributed by atoms with van der Waals surface area (Å²) in [5.74, 6) is 0.599. The highest BCUT2D eigenvalue weighted by atomic mass is 16.6. The molecule has 7 atom stereocenters.